The number of carbonyl (C=O) groups excluding carboxylic acids is 2. The minimum atomic E-state index is -0.526. The van der Waals surface area contributed by atoms with Crippen LogP contribution >= 0.6 is 23.8 Å². The SMILES string of the molecule is CCOC(=O)c1ccc(C(=O)OCC)c(NC(=S)Nc2cc(Cl)ccc2C)c1. The second-order valence-electron chi connectivity index (χ2n) is 5.74. The number of carbonyl (C=O) groups is 2. The molecule has 0 saturated carbocycles. The fourth-order valence-corrected chi connectivity index (χ4v) is 2.77. The van der Waals surface area contributed by atoms with Gasteiger partial charge in [-0.05, 0) is 68.9 Å². The zero-order chi connectivity index (χ0) is 20.7. The van der Waals surface area contributed by atoms with Crippen molar-refractivity contribution < 1.29 is 19.1 Å². The maximum Gasteiger partial charge on any atom is 0.340 e. The van der Waals surface area contributed by atoms with Gasteiger partial charge in [0.1, 0.15) is 0 Å². The molecule has 8 heteroatoms. The summed E-state index contributed by atoms with van der Waals surface area (Å²) in [6, 6.07) is 9.89. The van der Waals surface area contributed by atoms with E-state index in [0.717, 1.165) is 11.3 Å². The number of benzene rings is 2. The summed E-state index contributed by atoms with van der Waals surface area (Å²) in [6.45, 7) is 5.81. The molecule has 148 valence electrons. The van der Waals surface area contributed by atoms with Crippen molar-refractivity contribution in [1.82, 2.24) is 0 Å². The lowest BCUT2D eigenvalue weighted by molar-refractivity contribution is 0.0512. The molecule has 28 heavy (non-hydrogen) atoms. The van der Waals surface area contributed by atoms with E-state index in [1.165, 1.54) is 18.2 Å². The summed E-state index contributed by atoms with van der Waals surface area (Å²) < 4.78 is 10.1. The fourth-order valence-electron chi connectivity index (χ4n) is 2.38. The third kappa shape index (κ3) is 5.68. The Balaban J connectivity index is 2.30. The number of ether oxygens (including phenoxy) is 2. The summed E-state index contributed by atoms with van der Waals surface area (Å²) in [5.41, 5.74) is 2.55. The van der Waals surface area contributed by atoms with Crippen LogP contribution in [0.2, 0.25) is 5.02 Å². The Kier molecular flexibility index (Phi) is 7.78. The Labute approximate surface area is 174 Å². The van der Waals surface area contributed by atoms with Gasteiger partial charge in [0, 0.05) is 10.7 Å². The Morgan fingerprint density at radius 3 is 2.29 bits per heavy atom. The van der Waals surface area contributed by atoms with Gasteiger partial charge in [0.15, 0.2) is 5.11 Å². The number of anilines is 2. The van der Waals surface area contributed by atoms with E-state index in [1.54, 1.807) is 26.0 Å². The average Bonchev–Trinajstić information content (AvgIpc) is 2.65. The fraction of sp³-hybridized carbons (Fsp3) is 0.250. The minimum Gasteiger partial charge on any atom is -0.462 e. The Morgan fingerprint density at radius 2 is 1.61 bits per heavy atom. The molecule has 2 N–H and O–H groups in total. The topological polar surface area (TPSA) is 76.7 Å². The van der Waals surface area contributed by atoms with Gasteiger partial charge in [-0.2, -0.15) is 0 Å². The normalized spacial score (nSPS) is 10.1. The summed E-state index contributed by atoms with van der Waals surface area (Å²) >= 11 is 11.4. The van der Waals surface area contributed by atoms with E-state index in [0.29, 0.717) is 16.3 Å². The summed E-state index contributed by atoms with van der Waals surface area (Å²) in [5, 5.41) is 6.79. The largest absolute Gasteiger partial charge is 0.462 e. The number of nitrogens with one attached hydrogen (secondary N) is 2. The molecule has 0 heterocycles. The number of rotatable bonds is 6. The molecular formula is C20H21ClN2O4S. The molecule has 0 spiro atoms. The van der Waals surface area contributed by atoms with E-state index in [4.69, 9.17) is 33.3 Å². The van der Waals surface area contributed by atoms with Crippen LogP contribution in [0, 0.1) is 6.92 Å². The molecule has 2 aromatic rings. The zero-order valence-corrected chi connectivity index (χ0v) is 17.4. The quantitative estimate of drug-likeness (QED) is 0.512. The number of hydrogen-bond donors (Lipinski definition) is 2. The minimum absolute atomic E-state index is 0.225. The first-order chi connectivity index (χ1) is 13.3. The van der Waals surface area contributed by atoms with Gasteiger partial charge in [-0.25, -0.2) is 9.59 Å². The summed E-state index contributed by atoms with van der Waals surface area (Å²) in [5.74, 6) is -1.02. The highest BCUT2D eigenvalue weighted by molar-refractivity contribution is 7.80. The lowest BCUT2D eigenvalue weighted by Gasteiger charge is -2.16. The van der Waals surface area contributed by atoms with E-state index in [1.807, 2.05) is 13.0 Å². The predicted octanol–water partition coefficient (Wildman–Crippen LogP) is 4.81. The van der Waals surface area contributed by atoms with Crippen LogP contribution in [-0.4, -0.2) is 30.3 Å². The molecule has 0 aliphatic heterocycles. The lowest BCUT2D eigenvalue weighted by Crippen LogP contribution is -2.22. The summed E-state index contributed by atoms with van der Waals surface area (Å²) in [4.78, 5) is 24.3. The molecule has 0 aromatic heterocycles. The number of esters is 2. The van der Waals surface area contributed by atoms with Crippen molar-refractivity contribution >= 4 is 52.2 Å². The van der Waals surface area contributed by atoms with Crippen LogP contribution in [0.4, 0.5) is 11.4 Å². The predicted molar refractivity (Wildman–Crippen MR) is 114 cm³/mol. The van der Waals surface area contributed by atoms with Crippen LogP contribution < -0.4 is 10.6 Å². The molecule has 0 aliphatic rings. The Bertz CT molecular complexity index is 902. The summed E-state index contributed by atoms with van der Waals surface area (Å²) in [7, 11) is 0. The van der Waals surface area contributed by atoms with Crippen LogP contribution in [0.15, 0.2) is 36.4 Å². The van der Waals surface area contributed by atoms with Gasteiger partial charge in [0.25, 0.3) is 0 Å². The van der Waals surface area contributed by atoms with Crippen molar-refractivity contribution in [3.05, 3.63) is 58.1 Å². The van der Waals surface area contributed by atoms with Gasteiger partial charge in [-0.3, -0.25) is 0 Å². The van der Waals surface area contributed by atoms with Crippen molar-refractivity contribution in [3.63, 3.8) is 0 Å². The first kappa shape index (κ1) is 21.7. The van der Waals surface area contributed by atoms with Crippen LogP contribution in [0.3, 0.4) is 0 Å². The van der Waals surface area contributed by atoms with Crippen molar-refractivity contribution in [2.24, 2.45) is 0 Å². The van der Waals surface area contributed by atoms with Crippen molar-refractivity contribution in [1.29, 1.82) is 0 Å². The van der Waals surface area contributed by atoms with Crippen LogP contribution in [0.1, 0.15) is 40.1 Å². The molecule has 0 atom stereocenters. The molecule has 0 unspecified atom stereocenters. The van der Waals surface area contributed by atoms with Crippen molar-refractivity contribution in [2.45, 2.75) is 20.8 Å². The molecule has 0 aliphatic carbocycles. The van der Waals surface area contributed by atoms with Gasteiger partial charge < -0.3 is 20.1 Å². The number of hydrogen-bond acceptors (Lipinski definition) is 5. The van der Waals surface area contributed by atoms with Crippen LogP contribution in [0.5, 0.6) is 0 Å². The molecule has 0 radical (unpaired) electrons. The molecular weight excluding hydrogens is 400 g/mol. The Hall–Kier alpha value is -2.64. The first-order valence-corrected chi connectivity index (χ1v) is 9.46. The Morgan fingerprint density at radius 1 is 0.964 bits per heavy atom. The number of aryl methyl sites for hydroxylation is 1. The number of thiocarbonyl (C=S) groups is 1. The second-order valence-corrected chi connectivity index (χ2v) is 6.58. The molecule has 0 bridgehead atoms. The van der Waals surface area contributed by atoms with Gasteiger partial charge in [-0.1, -0.05) is 17.7 Å². The van der Waals surface area contributed by atoms with Gasteiger partial charge in [-0.15, -0.1) is 0 Å². The molecule has 6 nitrogen and oxygen atoms in total. The van der Waals surface area contributed by atoms with Gasteiger partial charge in [0.2, 0.25) is 0 Å². The lowest BCUT2D eigenvalue weighted by atomic mass is 10.1. The highest BCUT2D eigenvalue weighted by Crippen LogP contribution is 2.23. The molecule has 2 rings (SSSR count). The zero-order valence-electron chi connectivity index (χ0n) is 15.8. The highest BCUT2D eigenvalue weighted by Gasteiger charge is 2.17. The van der Waals surface area contributed by atoms with Gasteiger partial charge >= 0.3 is 11.9 Å². The highest BCUT2D eigenvalue weighted by atomic mass is 35.5. The van der Waals surface area contributed by atoms with Gasteiger partial charge in [0.05, 0.1) is 30.0 Å². The standard InChI is InChI=1S/C20H21ClN2O4S/c1-4-26-18(24)13-7-9-15(19(25)27-5-2)17(10-13)23-20(28)22-16-11-14(21)8-6-12(16)3/h6-11H,4-5H2,1-3H3,(H2,22,23,28). The monoisotopic (exact) mass is 420 g/mol. The maximum atomic E-state index is 12.3. The maximum absolute atomic E-state index is 12.3. The molecule has 0 saturated heterocycles. The van der Waals surface area contributed by atoms with Crippen LogP contribution in [0.25, 0.3) is 0 Å². The molecule has 2 aromatic carbocycles. The third-order valence-corrected chi connectivity index (χ3v) is 4.16. The smallest absolute Gasteiger partial charge is 0.340 e. The third-order valence-electron chi connectivity index (χ3n) is 3.72. The summed E-state index contributed by atoms with van der Waals surface area (Å²) in [6.07, 6.45) is 0. The van der Waals surface area contributed by atoms with E-state index >= 15 is 0 Å². The van der Waals surface area contributed by atoms with Crippen LogP contribution in [-0.2, 0) is 9.47 Å². The first-order valence-electron chi connectivity index (χ1n) is 8.68. The van der Waals surface area contributed by atoms with Crippen molar-refractivity contribution in [2.75, 3.05) is 23.8 Å². The van der Waals surface area contributed by atoms with E-state index in [9.17, 15) is 9.59 Å². The average molecular weight is 421 g/mol. The van der Waals surface area contributed by atoms with Crippen molar-refractivity contribution in [3.8, 4) is 0 Å². The molecule has 0 amide bonds. The van der Waals surface area contributed by atoms with E-state index in [-0.39, 0.29) is 23.9 Å². The number of halogens is 1. The second kappa shape index (κ2) is 10.1. The molecule has 0 fully saturated rings. The van der Waals surface area contributed by atoms with E-state index in [2.05, 4.69) is 10.6 Å². The van der Waals surface area contributed by atoms with E-state index < -0.39 is 11.9 Å².